The Labute approximate surface area is 141 Å². The minimum Gasteiger partial charge on any atom is -0.353 e. The number of benzene rings is 1. The Morgan fingerprint density at radius 2 is 1.78 bits per heavy atom. The fourth-order valence-corrected chi connectivity index (χ4v) is 3.93. The quantitative estimate of drug-likeness (QED) is 0.894. The van der Waals surface area contributed by atoms with Gasteiger partial charge in [0.1, 0.15) is 5.84 Å². The van der Waals surface area contributed by atoms with Gasteiger partial charge in [-0.1, -0.05) is 49.6 Å². The van der Waals surface area contributed by atoms with Crippen LogP contribution in [0, 0.1) is 0 Å². The van der Waals surface area contributed by atoms with Crippen LogP contribution in [0.5, 0.6) is 0 Å². The van der Waals surface area contributed by atoms with Crippen LogP contribution >= 0.6 is 0 Å². The van der Waals surface area contributed by atoms with E-state index in [4.69, 9.17) is 4.99 Å². The van der Waals surface area contributed by atoms with E-state index in [0.717, 1.165) is 19.6 Å². The summed E-state index contributed by atoms with van der Waals surface area (Å²) in [5.74, 6) is 1.31. The summed E-state index contributed by atoms with van der Waals surface area (Å²) < 4.78 is 0. The van der Waals surface area contributed by atoms with E-state index in [2.05, 4.69) is 61.3 Å². The summed E-state index contributed by atoms with van der Waals surface area (Å²) in [5.41, 5.74) is 1.45. The molecule has 3 nitrogen and oxygen atoms in total. The van der Waals surface area contributed by atoms with E-state index < -0.39 is 0 Å². The first-order valence-corrected chi connectivity index (χ1v) is 9.13. The second-order valence-corrected chi connectivity index (χ2v) is 8.08. The average Bonchev–Trinajstić information content (AvgIpc) is 2.52. The van der Waals surface area contributed by atoms with E-state index in [1.807, 2.05) is 0 Å². The molecule has 0 unspecified atom stereocenters. The van der Waals surface area contributed by atoms with Crippen LogP contribution < -0.4 is 5.32 Å². The topological polar surface area (TPSA) is 27.6 Å². The normalized spacial score (nSPS) is 23.4. The molecule has 126 valence electrons. The highest BCUT2D eigenvalue weighted by atomic mass is 15.3. The van der Waals surface area contributed by atoms with Gasteiger partial charge in [-0.25, -0.2) is 0 Å². The van der Waals surface area contributed by atoms with Crippen molar-refractivity contribution in [3.05, 3.63) is 35.9 Å². The number of amidine groups is 1. The minimum absolute atomic E-state index is 0.0340. The van der Waals surface area contributed by atoms with E-state index in [0.29, 0.717) is 0 Å². The van der Waals surface area contributed by atoms with Gasteiger partial charge in [-0.05, 0) is 39.2 Å². The summed E-state index contributed by atoms with van der Waals surface area (Å²) >= 11 is 0. The monoisotopic (exact) mass is 313 g/mol. The Bertz CT molecular complexity index is 530. The first kappa shape index (κ1) is 16.5. The van der Waals surface area contributed by atoms with Gasteiger partial charge in [-0.2, -0.15) is 0 Å². The summed E-state index contributed by atoms with van der Waals surface area (Å²) in [4.78, 5) is 7.73. The van der Waals surface area contributed by atoms with Gasteiger partial charge in [0.25, 0.3) is 0 Å². The second-order valence-electron chi connectivity index (χ2n) is 8.08. The molecule has 1 aliphatic heterocycles. The standard InChI is InChI=1S/C20H31N3/c1-19(2,3)22-18-20(12-8-5-9-13-20)21-14-15-23(18)16-17-10-6-4-7-11-17/h4,6-7,10-11,21H,5,8-9,12-16H2,1-3H3/b22-18-. The molecule has 1 aliphatic carbocycles. The summed E-state index contributed by atoms with van der Waals surface area (Å²) in [5, 5.41) is 3.85. The van der Waals surface area contributed by atoms with Crippen LogP contribution in [-0.4, -0.2) is 34.9 Å². The maximum atomic E-state index is 5.20. The summed E-state index contributed by atoms with van der Waals surface area (Å²) in [6.45, 7) is 9.73. The van der Waals surface area contributed by atoms with Crippen molar-refractivity contribution in [2.24, 2.45) is 4.99 Å². The van der Waals surface area contributed by atoms with Crippen LogP contribution in [0.1, 0.15) is 58.4 Å². The van der Waals surface area contributed by atoms with E-state index >= 15 is 0 Å². The molecule has 1 heterocycles. The van der Waals surface area contributed by atoms with Crippen LogP contribution in [0.4, 0.5) is 0 Å². The van der Waals surface area contributed by atoms with Crippen molar-refractivity contribution in [1.82, 2.24) is 10.2 Å². The zero-order valence-corrected chi connectivity index (χ0v) is 14.9. The van der Waals surface area contributed by atoms with Crippen LogP contribution in [0.25, 0.3) is 0 Å². The third-order valence-electron chi connectivity index (χ3n) is 4.94. The number of piperazine rings is 1. The number of hydrogen-bond donors (Lipinski definition) is 1. The molecule has 1 spiro atoms. The predicted molar refractivity (Wildman–Crippen MR) is 97.9 cm³/mol. The molecular weight excluding hydrogens is 282 g/mol. The van der Waals surface area contributed by atoms with Crippen LogP contribution in [0.15, 0.2) is 35.3 Å². The van der Waals surface area contributed by atoms with Gasteiger partial charge in [-0.15, -0.1) is 0 Å². The first-order chi connectivity index (χ1) is 11.0. The van der Waals surface area contributed by atoms with E-state index in [9.17, 15) is 0 Å². The Balaban J connectivity index is 1.91. The Hall–Kier alpha value is -1.35. The fraction of sp³-hybridized carbons (Fsp3) is 0.650. The van der Waals surface area contributed by atoms with Gasteiger partial charge < -0.3 is 10.2 Å². The highest BCUT2D eigenvalue weighted by molar-refractivity contribution is 5.92. The maximum absolute atomic E-state index is 5.20. The number of nitrogens with zero attached hydrogens (tertiary/aromatic N) is 2. The van der Waals surface area contributed by atoms with Gasteiger partial charge in [0.15, 0.2) is 0 Å². The van der Waals surface area contributed by atoms with Crippen LogP contribution in [-0.2, 0) is 6.54 Å². The number of nitrogens with one attached hydrogen (secondary N) is 1. The van der Waals surface area contributed by atoms with E-state index in [1.165, 1.54) is 43.5 Å². The Morgan fingerprint density at radius 1 is 1.09 bits per heavy atom. The number of hydrogen-bond acceptors (Lipinski definition) is 2. The molecule has 1 saturated carbocycles. The molecule has 2 fully saturated rings. The minimum atomic E-state index is -0.0340. The van der Waals surface area contributed by atoms with E-state index in [1.54, 1.807) is 0 Å². The largest absolute Gasteiger partial charge is 0.353 e. The summed E-state index contributed by atoms with van der Waals surface area (Å²) in [6.07, 6.45) is 6.45. The molecule has 2 aliphatic rings. The lowest BCUT2D eigenvalue weighted by molar-refractivity contribution is 0.225. The average molecular weight is 313 g/mol. The first-order valence-electron chi connectivity index (χ1n) is 9.13. The molecule has 0 atom stereocenters. The van der Waals surface area contributed by atoms with E-state index in [-0.39, 0.29) is 11.1 Å². The maximum Gasteiger partial charge on any atom is 0.120 e. The van der Waals surface area contributed by atoms with Crippen molar-refractivity contribution in [2.45, 2.75) is 70.5 Å². The molecule has 0 radical (unpaired) electrons. The lowest BCUT2D eigenvalue weighted by Gasteiger charge is -2.48. The third kappa shape index (κ3) is 3.95. The molecule has 3 heteroatoms. The highest BCUT2D eigenvalue weighted by Gasteiger charge is 2.42. The van der Waals surface area contributed by atoms with Gasteiger partial charge in [0.2, 0.25) is 0 Å². The van der Waals surface area contributed by atoms with Crippen molar-refractivity contribution >= 4 is 5.84 Å². The van der Waals surface area contributed by atoms with Crippen molar-refractivity contribution in [3.63, 3.8) is 0 Å². The zero-order chi connectivity index (χ0) is 16.3. The highest BCUT2D eigenvalue weighted by Crippen LogP contribution is 2.34. The number of aliphatic imine (C=N–C) groups is 1. The molecule has 0 bridgehead atoms. The molecule has 0 amide bonds. The Morgan fingerprint density at radius 3 is 2.43 bits per heavy atom. The lowest BCUT2D eigenvalue weighted by atomic mass is 9.78. The molecule has 3 rings (SSSR count). The smallest absolute Gasteiger partial charge is 0.120 e. The SMILES string of the molecule is CC(C)(C)/N=C1\N(Cc2ccccc2)CCNC12CCCCC2. The zero-order valence-electron chi connectivity index (χ0n) is 14.9. The molecule has 0 aromatic heterocycles. The molecule has 1 aromatic rings. The van der Waals surface area contributed by atoms with Crippen molar-refractivity contribution in [1.29, 1.82) is 0 Å². The number of rotatable bonds is 2. The fourth-order valence-electron chi connectivity index (χ4n) is 3.93. The van der Waals surface area contributed by atoms with Gasteiger partial charge >= 0.3 is 0 Å². The molecule has 1 saturated heterocycles. The lowest BCUT2D eigenvalue weighted by Crippen LogP contribution is -2.65. The summed E-state index contributed by atoms with van der Waals surface area (Å²) in [6, 6.07) is 10.8. The van der Waals surface area contributed by atoms with Gasteiger partial charge in [-0.3, -0.25) is 4.99 Å². The van der Waals surface area contributed by atoms with Crippen LogP contribution in [0.2, 0.25) is 0 Å². The predicted octanol–water partition coefficient (Wildman–Crippen LogP) is 3.99. The van der Waals surface area contributed by atoms with Gasteiger partial charge in [0.05, 0.1) is 11.1 Å². The molecule has 1 aromatic carbocycles. The van der Waals surface area contributed by atoms with Crippen LogP contribution in [0.3, 0.4) is 0 Å². The Kier molecular flexibility index (Phi) is 4.77. The van der Waals surface area contributed by atoms with Crippen molar-refractivity contribution < 1.29 is 0 Å². The van der Waals surface area contributed by atoms with Gasteiger partial charge in [0, 0.05) is 19.6 Å². The van der Waals surface area contributed by atoms with Crippen molar-refractivity contribution in [2.75, 3.05) is 13.1 Å². The molecular formula is C20H31N3. The molecule has 1 N–H and O–H groups in total. The third-order valence-corrected chi connectivity index (χ3v) is 4.94. The van der Waals surface area contributed by atoms with Crippen molar-refractivity contribution in [3.8, 4) is 0 Å². The second kappa shape index (κ2) is 6.64. The molecule has 23 heavy (non-hydrogen) atoms. The summed E-state index contributed by atoms with van der Waals surface area (Å²) in [7, 11) is 0.